The number of halogens is 3. The van der Waals surface area contributed by atoms with Crippen LogP contribution in [0.1, 0.15) is 46.6 Å². The standard InChI is InChI=1S/C26H26BrCl2N3O3/c27-24-17-16-22(25(33)31-10-2-1-3-11-31)35-21(17)9-8-20(24)30-12-5-13-32(15-14-30)26(34)23-18(28)6-4-7-19(23)29/h4,6-9,16H,1-3,5,10-15H2. The highest BCUT2D eigenvalue weighted by atomic mass is 79.9. The number of rotatable bonds is 3. The topological polar surface area (TPSA) is 57.0 Å². The Bertz CT molecular complexity index is 1250. The predicted octanol–water partition coefficient (Wildman–Crippen LogP) is 6.48. The Hall–Kier alpha value is -2.22. The SMILES string of the molecule is O=C(c1cc2c(Br)c(N3CCCN(C(=O)c4c(Cl)cccc4Cl)CC3)ccc2o1)N1CCCCC1. The molecule has 2 aliphatic heterocycles. The van der Waals surface area contributed by atoms with Gasteiger partial charge in [-0.05, 0) is 71.9 Å². The maximum atomic E-state index is 13.2. The highest BCUT2D eigenvalue weighted by molar-refractivity contribution is 9.10. The molecule has 3 heterocycles. The lowest BCUT2D eigenvalue weighted by molar-refractivity contribution is 0.0694. The van der Waals surface area contributed by atoms with Gasteiger partial charge in [-0.2, -0.15) is 0 Å². The molecule has 0 N–H and O–H groups in total. The van der Waals surface area contributed by atoms with Crippen molar-refractivity contribution in [1.82, 2.24) is 9.80 Å². The first kappa shape index (κ1) is 24.5. The monoisotopic (exact) mass is 577 g/mol. The second-order valence-electron chi connectivity index (χ2n) is 9.00. The highest BCUT2D eigenvalue weighted by Crippen LogP contribution is 2.37. The van der Waals surface area contributed by atoms with Crippen molar-refractivity contribution in [2.45, 2.75) is 25.7 Å². The summed E-state index contributed by atoms with van der Waals surface area (Å²) in [6.07, 6.45) is 4.05. The van der Waals surface area contributed by atoms with Crippen molar-refractivity contribution >= 4 is 67.6 Å². The molecule has 0 radical (unpaired) electrons. The third-order valence-corrected chi connectivity index (χ3v) is 8.23. The fourth-order valence-corrected chi connectivity index (χ4v) is 6.14. The second kappa shape index (κ2) is 10.4. The maximum absolute atomic E-state index is 13.2. The van der Waals surface area contributed by atoms with Gasteiger partial charge in [0.2, 0.25) is 0 Å². The van der Waals surface area contributed by atoms with Gasteiger partial charge in [-0.25, -0.2) is 0 Å². The van der Waals surface area contributed by atoms with Crippen LogP contribution in [0.15, 0.2) is 45.3 Å². The fourth-order valence-electron chi connectivity index (χ4n) is 4.89. The van der Waals surface area contributed by atoms with Crippen molar-refractivity contribution < 1.29 is 14.0 Å². The summed E-state index contributed by atoms with van der Waals surface area (Å²) < 4.78 is 6.83. The van der Waals surface area contributed by atoms with Gasteiger partial charge < -0.3 is 19.1 Å². The van der Waals surface area contributed by atoms with E-state index in [0.29, 0.717) is 46.6 Å². The second-order valence-corrected chi connectivity index (χ2v) is 10.6. The molecule has 0 saturated carbocycles. The molecule has 2 saturated heterocycles. The van der Waals surface area contributed by atoms with E-state index in [4.69, 9.17) is 27.6 Å². The molecule has 1 aromatic heterocycles. The van der Waals surface area contributed by atoms with Gasteiger partial charge in [-0.3, -0.25) is 9.59 Å². The van der Waals surface area contributed by atoms with Gasteiger partial charge in [0.15, 0.2) is 5.76 Å². The van der Waals surface area contributed by atoms with Crippen LogP contribution in [-0.4, -0.2) is 60.9 Å². The number of hydrogen-bond acceptors (Lipinski definition) is 4. The summed E-state index contributed by atoms with van der Waals surface area (Å²) in [4.78, 5) is 32.0. The first-order valence-corrected chi connectivity index (χ1v) is 13.5. The molecule has 6 nitrogen and oxygen atoms in total. The van der Waals surface area contributed by atoms with Crippen LogP contribution in [0.2, 0.25) is 10.0 Å². The molecule has 2 fully saturated rings. The van der Waals surface area contributed by atoms with Crippen LogP contribution in [0.25, 0.3) is 11.0 Å². The quantitative estimate of drug-likeness (QED) is 0.357. The summed E-state index contributed by atoms with van der Waals surface area (Å²) in [7, 11) is 0. The average molecular weight is 579 g/mol. The lowest BCUT2D eigenvalue weighted by Crippen LogP contribution is -2.35. The van der Waals surface area contributed by atoms with Crippen molar-refractivity contribution in [3.05, 3.63) is 62.2 Å². The number of nitrogens with zero attached hydrogens (tertiary/aromatic N) is 3. The van der Waals surface area contributed by atoms with Crippen LogP contribution in [0.5, 0.6) is 0 Å². The van der Waals surface area contributed by atoms with Gasteiger partial charge in [-0.1, -0.05) is 29.3 Å². The van der Waals surface area contributed by atoms with Crippen LogP contribution in [0.3, 0.4) is 0 Å². The molecule has 0 aliphatic carbocycles. The Morgan fingerprint density at radius 2 is 1.49 bits per heavy atom. The van der Waals surface area contributed by atoms with E-state index in [0.717, 1.165) is 54.4 Å². The van der Waals surface area contributed by atoms with Gasteiger partial charge in [0.1, 0.15) is 5.58 Å². The van der Waals surface area contributed by atoms with Crippen LogP contribution in [0, 0.1) is 0 Å². The molecular formula is C26H26BrCl2N3O3. The van der Waals surface area contributed by atoms with Crippen LogP contribution < -0.4 is 4.90 Å². The number of anilines is 1. The number of likely N-dealkylation sites (tertiary alicyclic amines) is 1. The van der Waals surface area contributed by atoms with Crippen molar-refractivity contribution in [2.24, 2.45) is 0 Å². The van der Waals surface area contributed by atoms with E-state index in [1.165, 1.54) is 6.42 Å². The summed E-state index contributed by atoms with van der Waals surface area (Å²) in [5, 5.41) is 1.61. The molecular weight excluding hydrogens is 553 g/mol. The number of carbonyl (C=O) groups is 2. The van der Waals surface area contributed by atoms with Crippen molar-refractivity contribution in [2.75, 3.05) is 44.2 Å². The largest absolute Gasteiger partial charge is 0.451 e. The summed E-state index contributed by atoms with van der Waals surface area (Å²) >= 11 is 16.3. The van der Waals surface area contributed by atoms with Crippen LogP contribution >= 0.6 is 39.1 Å². The molecule has 0 atom stereocenters. The molecule has 0 spiro atoms. The number of hydrogen-bond donors (Lipinski definition) is 0. The number of benzene rings is 2. The predicted molar refractivity (Wildman–Crippen MR) is 143 cm³/mol. The average Bonchev–Trinajstić information content (AvgIpc) is 3.16. The molecule has 3 aromatic rings. The molecule has 5 rings (SSSR count). The molecule has 2 amide bonds. The lowest BCUT2D eigenvalue weighted by Gasteiger charge is -2.25. The Labute approximate surface area is 222 Å². The van der Waals surface area contributed by atoms with Gasteiger partial charge in [0.05, 0.1) is 25.8 Å². The zero-order valence-corrected chi connectivity index (χ0v) is 22.3. The normalized spacial score (nSPS) is 17.1. The van der Waals surface area contributed by atoms with Crippen LogP contribution in [0.4, 0.5) is 5.69 Å². The maximum Gasteiger partial charge on any atom is 0.289 e. The van der Waals surface area contributed by atoms with Gasteiger partial charge in [0.25, 0.3) is 11.8 Å². The third kappa shape index (κ3) is 4.91. The van der Waals surface area contributed by atoms with Crippen molar-refractivity contribution in [1.29, 1.82) is 0 Å². The number of piperidine rings is 1. The number of carbonyl (C=O) groups excluding carboxylic acids is 2. The summed E-state index contributed by atoms with van der Waals surface area (Å²) in [5.41, 5.74) is 2.05. The Balaban J connectivity index is 1.34. The van der Waals surface area contributed by atoms with E-state index in [1.807, 2.05) is 28.0 Å². The summed E-state index contributed by atoms with van der Waals surface area (Å²) in [6, 6.07) is 10.9. The Morgan fingerprint density at radius 3 is 2.23 bits per heavy atom. The molecule has 2 aliphatic rings. The number of fused-ring (bicyclic) bond motifs is 1. The van der Waals surface area contributed by atoms with Gasteiger partial charge in [-0.15, -0.1) is 0 Å². The first-order valence-electron chi connectivity index (χ1n) is 11.9. The van der Waals surface area contributed by atoms with Crippen molar-refractivity contribution in [3.8, 4) is 0 Å². The molecule has 35 heavy (non-hydrogen) atoms. The Morgan fingerprint density at radius 1 is 0.800 bits per heavy atom. The molecule has 0 unspecified atom stereocenters. The van der Waals surface area contributed by atoms with E-state index < -0.39 is 0 Å². The zero-order chi connectivity index (χ0) is 24.5. The van der Waals surface area contributed by atoms with E-state index in [-0.39, 0.29) is 11.8 Å². The zero-order valence-electron chi connectivity index (χ0n) is 19.2. The minimum Gasteiger partial charge on any atom is -0.451 e. The Kier molecular flexibility index (Phi) is 7.28. The third-order valence-electron chi connectivity index (χ3n) is 6.77. The van der Waals surface area contributed by atoms with Crippen molar-refractivity contribution in [3.63, 3.8) is 0 Å². The smallest absolute Gasteiger partial charge is 0.289 e. The molecule has 184 valence electrons. The summed E-state index contributed by atoms with van der Waals surface area (Å²) in [5.74, 6) is 0.188. The molecule has 0 bridgehead atoms. The molecule has 2 aromatic carbocycles. The lowest BCUT2D eigenvalue weighted by atomic mass is 10.1. The van der Waals surface area contributed by atoms with E-state index in [1.54, 1.807) is 18.2 Å². The number of amides is 2. The highest BCUT2D eigenvalue weighted by Gasteiger charge is 2.26. The minimum absolute atomic E-state index is 0.0449. The van der Waals surface area contributed by atoms with E-state index in [9.17, 15) is 9.59 Å². The van der Waals surface area contributed by atoms with Gasteiger partial charge >= 0.3 is 0 Å². The molecule has 9 heteroatoms. The van der Waals surface area contributed by atoms with Crippen LogP contribution in [-0.2, 0) is 0 Å². The first-order chi connectivity index (χ1) is 16.9. The fraction of sp³-hybridized carbons (Fsp3) is 0.385. The minimum atomic E-state index is -0.146. The number of furan rings is 1. The summed E-state index contributed by atoms with van der Waals surface area (Å²) in [6.45, 7) is 4.19. The van der Waals surface area contributed by atoms with Gasteiger partial charge in [0, 0.05) is 44.7 Å². The van der Waals surface area contributed by atoms with E-state index >= 15 is 0 Å². The van der Waals surface area contributed by atoms with E-state index in [2.05, 4.69) is 20.8 Å².